The molecule has 0 aromatic carbocycles. The van der Waals surface area contributed by atoms with Gasteiger partial charge in [-0.2, -0.15) is 0 Å². The molecule has 0 rings (SSSR count). The van der Waals surface area contributed by atoms with Crippen molar-refractivity contribution in [2.75, 3.05) is 13.2 Å². The van der Waals surface area contributed by atoms with Crippen LogP contribution in [0.2, 0.25) is 0 Å². The van der Waals surface area contributed by atoms with Crippen molar-refractivity contribution in [1.82, 2.24) is 0 Å². The molecule has 0 aromatic rings. The van der Waals surface area contributed by atoms with Gasteiger partial charge in [-0.15, -0.1) is 0 Å². The molecule has 0 fully saturated rings. The number of allylic oxidation sites excluding steroid dienone is 22. The van der Waals surface area contributed by atoms with E-state index in [1.807, 2.05) is 0 Å². The maximum absolute atomic E-state index is 12.9. The van der Waals surface area contributed by atoms with Crippen molar-refractivity contribution in [2.24, 2.45) is 0 Å². The van der Waals surface area contributed by atoms with Crippen molar-refractivity contribution in [3.05, 3.63) is 134 Å². The summed E-state index contributed by atoms with van der Waals surface area (Å²) < 4.78 is 16.9. The third-order valence-electron chi connectivity index (χ3n) is 13.4. The number of esters is 3. The Labute approximate surface area is 481 Å². The van der Waals surface area contributed by atoms with Crippen LogP contribution in [0.5, 0.6) is 0 Å². The predicted molar refractivity (Wildman–Crippen MR) is 339 cm³/mol. The molecule has 0 amide bonds. The summed E-state index contributed by atoms with van der Waals surface area (Å²) in [6.07, 6.45) is 91.6. The Hall–Kier alpha value is -4.45. The van der Waals surface area contributed by atoms with E-state index in [0.29, 0.717) is 19.3 Å². The maximum Gasteiger partial charge on any atom is 0.306 e. The van der Waals surface area contributed by atoms with Gasteiger partial charge in [-0.3, -0.25) is 14.4 Å². The van der Waals surface area contributed by atoms with Gasteiger partial charge in [-0.05, 0) is 135 Å². The molecule has 78 heavy (non-hydrogen) atoms. The molecular formula is C72H118O6. The Bertz CT molecular complexity index is 1670. The summed E-state index contributed by atoms with van der Waals surface area (Å²) in [5, 5.41) is 0. The standard InChI is InChI=1S/C72H118O6/c1-4-7-10-13-16-19-22-25-28-31-34-35-36-37-39-41-44-47-50-53-56-59-62-65-71(74)77-68-69(67-76-70(73)64-61-58-55-52-49-46-43-40-33-30-27-24-21-18-15-12-9-6-3)78-72(75)66-63-60-57-54-51-48-45-42-38-32-29-26-23-20-17-14-11-8-5-2/h7-8,10-11,16-17,19-21,24-26,28-30,33-35,37-39,42,69H,4-6,9,12-15,18,22-23,27,31-32,36,40-41,43-68H2,1-3H3/b10-7-,11-8-,19-16-,20-17-,24-21-,28-25-,29-26-,33-30-,35-34-,39-37-,42-38-. The van der Waals surface area contributed by atoms with Gasteiger partial charge in [0, 0.05) is 19.3 Å². The van der Waals surface area contributed by atoms with Gasteiger partial charge in [0.05, 0.1) is 0 Å². The largest absolute Gasteiger partial charge is 0.462 e. The predicted octanol–water partition coefficient (Wildman–Crippen LogP) is 22.2. The fraction of sp³-hybridized carbons (Fsp3) is 0.653. The van der Waals surface area contributed by atoms with Crippen LogP contribution >= 0.6 is 0 Å². The normalized spacial score (nSPS) is 13.0. The Morgan fingerprint density at radius 1 is 0.269 bits per heavy atom. The summed E-state index contributed by atoms with van der Waals surface area (Å²) >= 11 is 0. The van der Waals surface area contributed by atoms with Crippen LogP contribution in [0.1, 0.15) is 284 Å². The van der Waals surface area contributed by atoms with Gasteiger partial charge in [-0.25, -0.2) is 0 Å². The van der Waals surface area contributed by atoms with Gasteiger partial charge in [0.2, 0.25) is 0 Å². The highest BCUT2D eigenvalue weighted by molar-refractivity contribution is 5.71. The van der Waals surface area contributed by atoms with Crippen molar-refractivity contribution in [2.45, 2.75) is 290 Å². The first kappa shape index (κ1) is 73.5. The van der Waals surface area contributed by atoms with Crippen molar-refractivity contribution >= 4 is 17.9 Å². The van der Waals surface area contributed by atoms with Crippen molar-refractivity contribution in [3.63, 3.8) is 0 Å². The molecule has 0 radical (unpaired) electrons. The molecule has 1 unspecified atom stereocenters. The molecule has 1 atom stereocenters. The molecule has 0 saturated heterocycles. The summed E-state index contributed by atoms with van der Waals surface area (Å²) in [6.45, 7) is 6.38. The number of unbranched alkanes of at least 4 members (excludes halogenated alkanes) is 24. The fourth-order valence-corrected chi connectivity index (χ4v) is 8.61. The molecule has 6 heteroatoms. The van der Waals surface area contributed by atoms with Crippen LogP contribution in [0, 0.1) is 0 Å². The topological polar surface area (TPSA) is 78.9 Å². The molecule has 0 heterocycles. The SMILES string of the molecule is CC/C=C\C/C=C\C/C=C\C/C=C\C/C=C\CCCCCCCCCC(=O)OCC(COC(=O)CCCCCCCCC/C=C\C/C=C\CCCCCC)OC(=O)CCCCCCCC/C=C\C/C=C\C/C=C\C/C=C\CC. The van der Waals surface area contributed by atoms with Crippen molar-refractivity contribution in [3.8, 4) is 0 Å². The maximum atomic E-state index is 12.9. The smallest absolute Gasteiger partial charge is 0.306 e. The molecule has 0 N–H and O–H groups in total. The van der Waals surface area contributed by atoms with Crippen LogP contribution in [0.25, 0.3) is 0 Å². The number of carbonyl (C=O) groups is 3. The Kier molecular flexibility index (Phi) is 61.4. The minimum atomic E-state index is -0.801. The van der Waals surface area contributed by atoms with Crippen LogP contribution < -0.4 is 0 Å². The zero-order valence-electron chi connectivity index (χ0n) is 50.6. The lowest BCUT2D eigenvalue weighted by Crippen LogP contribution is -2.30. The number of ether oxygens (including phenoxy) is 3. The van der Waals surface area contributed by atoms with Crippen molar-refractivity contribution in [1.29, 1.82) is 0 Å². The van der Waals surface area contributed by atoms with Gasteiger partial charge < -0.3 is 14.2 Å². The van der Waals surface area contributed by atoms with Crippen LogP contribution in [-0.2, 0) is 28.6 Å². The average Bonchev–Trinajstić information content (AvgIpc) is 3.44. The zero-order chi connectivity index (χ0) is 56.4. The van der Waals surface area contributed by atoms with Gasteiger partial charge in [0.1, 0.15) is 13.2 Å². The van der Waals surface area contributed by atoms with Crippen LogP contribution in [-0.4, -0.2) is 37.2 Å². The summed E-state index contributed by atoms with van der Waals surface area (Å²) in [5.41, 5.74) is 0. The van der Waals surface area contributed by atoms with E-state index in [4.69, 9.17) is 14.2 Å². The monoisotopic (exact) mass is 1080 g/mol. The molecule has 0 aliphatic heterocycles. The Morgan fingerprint density at radius 3 is 0.782 bits per heavy atom. The molecule has 0 aromatic heterocycles. The molecule has 0 spiro atoms. The molecule has 0 saturated carbocycles. The highest BCUT2D eigenvalue weighted by atomic mass is 16.6. The quantitative estimate of drug-likeness (QED) is 0.0261. The van der Waals surface area contributed by atoms with Crippen molar-refractivity contribution < 1.29 is 28.6 Å². The first-order chi connectivity index (χ1) is 38.5. The van der Waals surface area contributed by atoms with Gasteiger partial charge in [0.15, 0.2) is 6.10 Å². The van der Waals surface area contributed by atoms with Crippen LogP contribution in [0.3, 0.4) is 0 Å². The van der Waals surface area contributed by atoms with Crippen LogP contribution in [0.15, 0.2) is 134 Å². The van der Waals surface area contributed by atoms with E-state index in [1.165, 1.54) is 96.3 Å². The van der Waals surface area contributed by atoms with Gasteiger partial charge in [0.25, 0.3) is 0 Å². The molecular weight excluding hydrogens is 961 g/mol. The minimum Gasteiger partial charge on any atom is -0.462 e. The first-order valence-corrected chi connectivity index (χ1v) is 32.2. The minimum absolute atomic E-state index is 0.0952. The Balaban J connectivity index is 4.46. The number of rotatable bonds is 57. The van der Waals surface area contributed by atoms with E-state index in [2.05, 4.69) is 154 Å². The van der Waals surface area contributed by atoms with E-state index in [1.54, 1.807) is 0 Å². The lowest BCUT2D eigenvalue weighted by atomic mass is 10.1. The zero-order valence-corrected chi connectivity index (χ0v) is 50.6. The lowest BCUT2D eigenvalue weighted by molar-refractivity contribution is -0.167. The van der Waals surface area contributed by atoms with Crippen LogP contribution in [0.4, 0.5) is 0 Å². The second-order valence-corrected chi connectivity index (χ2v) is 20.9. The third kappa shape index (κ3) is 62.4. The molecule has 0 bridgehead atoms. The number of carbonyl (C=O) groups excluding carboxylic acids is 3. The van der Waals surface area contributed by atoms with E-state index < -0.39 is 6.10 Å². The summed E-state index contributed by atoms with van der Waals surface area (Å²) in [4.78, 5) is 38.4. The third-order valence-corrected chi connectivity index (χ3v) is 13.4. The fourth-order valence-electron chi connectivity index (χ4n) is 8.61. The second-order valence-electron chi connectivity index (χ2n) is 20.9. The molecule has 0 aliphatic rings. The molecule has 6 nitrogen and oxygen atoms in total. The highest BCUT2D eigenvalue weighted by Crippen LogP contribution is 2.15. The van der Waals surface area contributed by atoms with Gasteiger partial charge in [-0.1, -0.05) is 264 Å². The van der Waals surface area contributed by atoms with E-state index in [-0.39, 0.29) is 31.1 Å². The Morgan fingerprint density at radius 2 is 0.500 bits per heavy atom. The summed E-state index contributed by atoms with van der Waals surface area (Å²) in [7, 11) is 0. The average molecular weight is 1080 g/mol. The first-order valence-electron chi connectivity index (χ1n) is 32.2. The van der Waals surface area contributed by atoms with E-state index in [0.717, 1.165) is 148 Å². The number of hydrogen-bond donors (Lipinski definition) is 0. The lowest BCUT2D eigenvalue weighted by Gasteiger charge is -2.18. The summed E-state index contributed by atoms with van der Waals surface area (Å²) in [6, 6.07) is 0. The molecule has 442 valence electrons. The summed E-state index contributed by atoms with van der Waals surface area (Å²) in [5.74, 6) is -0.924. The molecule has 0 aliphatic carbocycles. The van der Waals surface area contributed by atoms with Gasteiger partial charge >= 0.3 is 17.9 Å². The number of hydrogen-bond acceptors (Lipinski definition) is 6. The highest BCUT2D eigenvalue weighted by Gasteiger charge is 2.19. The van der Waals surface area contributed by atoms with E-state index >= 15 is 0 Å². The van der Waals surface area contributed by atoms with E-state index in [9.17, 15) is 14.4 Å². The second kappa shape index (κ2) is 65.1.